The third kappa shape index (κ3) is 4.04. The number of hydrogen-bond donors (Lipinski definition) is 1. The lowest BCUT2D eigenvalue weighted by Crippen LogP contribution is -2.42. The van der Waals surface area contributed by atoms with Crippen molar-refractivity contribution in [1.82, 2.24) is 0 Å². The third-order valence-corrected chi connectivity index (χ3v) is 6.99. The first-order valence-corrected chi connectivity index (χ1v) is 10.6. The predicted molar refractivity (Wildman–Crippen MR) is 126 cm³/mol. The minimum Gasteiger partial charge on any atom is -0.399 e. The zero-order valence-electron chi connectivity index (χ0n) is 19.4. The van der Waals surface area contributed by atoms with Gasteiger partial charge in [-0.25, -0.2) is 0 Å². The normalized spacial score (nSPS) is 14.8. The van der Waals surface area contributed by atoms with E-state index in [0.29, 0.717) is 11.8 Å². The number of hydrogen-bond acceptors (Lipinski definition) is 1. The van der Waals surface area contributed by atoms with E-state index >= 15 is 0 Å². The lowest BCUT2D eigenvalue weighted by molar-refractivity contribution is 0.164. The van der Waals surface area contributed by atoms with Gasteiger partial charge in [-0.2, -0.15) is 0 Å². The highest BCUT2D eigenvalue weighted by Crippen LogP contribution is 2.49. The molecule has 1 nitrogen and oxygen atoms in total. The molecule has 0 amide bonds. The maximum absolute atomic E-state index is 6.19. The number of nitrogen functional groups attached to an aromatic ring is 1. The highest BCUT2D eigenvalue weighted by molar-refractivity contribution is 5.63. The first-order valence-electron chi connectivity index (χ1n) is 10.6. The summed E-state index contributed by atoms with van der Waals surface area (Å²) >= 11 is 0. The van der Waals surface area contributed by atoms with Gasteiger partial charge >= 0.3 is 0 Å². The van der Waals surface area contributed by atoms with Gasteiger partial charge in [0.1, 0.15) is 0 Å². The fourth-order valence-electron chi connectivity index (χ4n) is 4.73. The second kappa shape index (κ2) is 8.15. The first-order chi connectivity index (χ1) is 12.9. The van der Waals surface area contributed by atoms with Crippen LogP contribution in [-0.4, -0.2) is 0 Å². The van der Waals surface area contributed by atoms with Crippen molar-refractivity contribution in [3.63, 3.8) is 0 Å². The summed E-state index contributed by atoms with van der Waals surface area (Å²) in [6, 6.07) is 13.0. The van der Waals surface area contributed by atoms with Gasteiger partial charge in [-0.15, -0.1) is 0 Å². The summed E-state index contributed by atoms with van der Waals surface area (Å²) in [4.78, 5) is 0. The molecule has 28 heavy (non-hydrogen) atoms. The fourth-order valence-corrected chi connectivity index (χ4v) is 4.73. The number of rotatable bonds is 6. The van der Waals surface area contributed by atoms with Gasteiger partial charge in [0, 0.05) is 5.69 Å². The van der Waals surface area contributed by atoms with E-state index in [1.54, 1.807) is 0 Å². The molecule has 1 unspecified atom stereocenters. The SMILES string of the molecule is Cc1ccccc1C(C)(C)C(C)(/C=C\c1cc(N)cc(C)c1C(C)C)C(C)C. The molecule has 2 aromatic carbocycles. The molecule has 0 aliphatic heterocycles. The molecule has 0 spiro atoms. The van der Waals surface area contributed by atoms with E-state index in [4.69, 9.17) is 5.73 Å². The largest absolute Gasteiger partial charge is 0.399 e. The van der Waals surface area contributed by atoms with Crippen LogP contribution in [0, 0.1) is 25.2 Å². The van der Waals surface area contributed by atoms with Crippen LogP contribution in [0.3, 0.4) is 0 Å². The van der Waals surface area contributed by atoms with Crippen molar-refractivity contribution < 1.29 is 0 Å². The van der Waals surface area contributed by atoms with E-state index in [9.17, 15) is 0 Å². The lowest BCUT2D eigenvalue weighted by atomic mass is 9.57. The van der Waals surface area contributed by atoms with Gasteiger partial charge in [-0.05, 0) is 76.5 Å². The summed E-state index contributed by atoms with van der Waals surface area (Å²) in [5.41, 5.74) is 13.7. The van der Waals surface area contributed by atoms with Crippen molar-refractivity contribution in [2.75, 3.05) is 5.73 Å². The average Bonchev–Trinajstić information content (AvgIpc) is 2.58. The van der Waals surface area contributed by atoms with Gasteiger partial charge in [0.05, 0.1) is 0 Å². The molecule has 2 aromatic rings. The van der Waals surface area contributed by atoms with Crippen LogP contribution in [0.1, 0.15) is 82.2 Å². The van der Waals surface area contributed by atoms with Gasteiger partial charge in [0.25, 0.3) is 0 Å². The van der Waals surface area contributed by atoms with Crippen molar-refractivity contribution in [3.8, 4) is 0 Å². The van der Waals surface area contributed by atoms with E-state index < -0.39 is 0 Å². The van der Waals surface area contributed by atoms with Crippen LogP contribution in [0.25, 0.3) is 6.08 Å². The summed E-state index contributed by atoms with van der Waals surface area (Å²) in [5.74, 6) is 0.956. The van der Waals surface area contributed by atoms with Crippen LogP contribution in [0.2, 0.25) is 0 Å². The minimum absolute atomic E-state index is 0.00360. The Morgan fingerprint density at radius 3 is 2.04 bits per heavy atom. The van der Waals surface area contributed by atoms with Crippen LogP contribution < -0.4 is 5.73 Å². The molecule has 1 atom stereocenters. The van der Waals surface area contributed by atoms with Crippen LogP contribution in [0.15, 0.2) is 42.5 Å². The molecule has 1 heteroatoms. The van der Waals surface area contributed by atoms with Crippen LogP contribution >= 0.6 is 0 Å². The summed E-state index contributed by atoms with van der Waals surface area (Å²) in [5, 5.41) is 0. The zero-order valence-corrected chi connectivity index (χ0v) is 19.4. The maximum Gasteiger partial charge on any atom is 0.0322 e. The Kier molecular flexibility index (Phi) is 6.48. The van der Waals surface area contributed by atoms with Gasteiger partial charge in [-0.1, -0.05) is 84.9 Å². The second-order valence-corrected chi connectivity index (χ2v) is 9.71. The highest BCUT2D eigenvalue weighted by atomic mass is 14.5. The molecule has 0 radical (unpaired) electrons. The van der Waals surface area contributed by atoms with Crippen molar-refractivity contribution in [2.45, 2.75) is 73.6 Å². The molecular formula is C27H39N. The molecule has 0 aromatic heterocycles. The van der Waals surface area contributed by atoms with Crippen molar-refractivity contribution in [2.24, 2.45) is 11.3 Å². The predicted octanol–water partition coefficient (Wildman–Crippen LogP) is 7.66. The molecule has 2 rings (SSSR count). The van der Waals surface area contributed by atoms with Crippen molar-refractivity contribution >= 4 is 11.8 Å². The molecule has 0 fully saturated rings. The number of allylic oxidation sites excluding steroid dienone is 1. The van der Waals surface area contributed by atoms with E-state index in [1.807, 2.05) is 0 Å². The first kappa shape index (κ1) is 22.3. The number of aryl methyl sites for hydroxylation is 2. The molecule has 2 N–H and O–H groups in total. The Hall–Kier alpha value is -2.02. The van der Waals surface area contributed by atoms with E-state index in [0.717, 1.165) is 5.69 Å². The monoisotopic (exact) mass is 377 g/mol. The topological polar surface area (TPSA) is 26.0 Å². The highest BCUT2D eigenvalue weighted by Gasteiger charge is 2.43. The summed E-state index contributed by atoms with van der Waals surface area (Å²) in [7, 11) is 0. The fraction of sp³-hybridized carbons (Fsp3) is 0.481. The number of nitrogens with two attached hydrogens (primary N) is 1. The lowest BCUT2D eigenvalue weighted by Gasteiger charge is -2.47. The second-order valence-electron chi connectivity index (χ2n) is 9.71. The smallest absolute Gasteiger partial charge is 0.0322 e. The average molecular weight is 378 g/mol. The molecular weight excluding hydrogens is 338 g/mol. The van der Waals surface area contributed by atoms with Gasteiger partial charge in [-0.3, -0.25) is 0 Å². The summed E-state index contributed by atoms with van der Waals surface area (Å²) < 4.78 is 0. The van der Waals surface area contributed by atoms with Crippen LogP contribution in [0.5, 0.6) is 0 Å². The number of benzene rings is 2. The quantitative estimate of drug-likeness (QED) is 0.514. The Balaban J connectivity index is 2.61. The molecule has 0 saturated carbocycles. The molecule has 0 aliphatic carbocycles. The standard InChI is InChI=1S/C27H39N/c1-18(2)25-21(6)16-23(28)17-22(25)14-15-27(9,19(3)4)26(7,8)24-13-11-10-12-20(24)5/h10-19H,28H2,1-9H3/b15-14-. The van der Waals surface area contributed by atoms with Gasteiger partial charge in [0.2, 0.25) is 0 Å². The summed E-state index contributed by atoms with van der Waals surface area (Å²) in [6.07, 6.45) is 4.75. The van der Waals surface area contributed by atoms with E-state index in [-0.39, 0.29) is 10.8 Å². The van der Waals surface area contributed by atoms with Gasteiger partial charge in [0.15, 0.2) is 0 Å². The minimum atomic E-state index is -0.00806. The van der Waals surface area contributed by atoms with Gasteiger partial charge < -0.3 is 5.73 Å². The van der Waals surface area contributed by atoms with Crippen molar-refractivity contribution in [1.29, 1.82) is 0 Å². The van der Waals surface area contributed by atoms with Crippen LogP contribution in [-0.2, 0) is 5.41 Å². The zero-order chi connectivity index (χ0) is 21.3. The Morgan fingerprint density at radius 2 is 1.50 bits per heavy atom. The third-order valence-electron chi connectivity index (χ3n) is 6.99. The molecule has 0 heterocycles. The summed E-state index contributed by atoms with van der Waals surface area (Å²) in [6.45, 7) is 20.7. The Morgan fingerprint density at radius 1 is 0.893 bits per heavy atom. The number of anilines is 1. The molecule has 0 saturated heterocycles. The molecule has 0 bridgehead atoms. The van der Waals surface area contributed by atoms with Crippen molar-refractivity contribution in [3.05, 3.63) is 70.3 Å². The maximum atomic E-state index is 6.19. The van der Waals surface area contributed by atoms with Crippen LogP contribution in [0.4, 0.5) is 5.69 Å². The molecule has 152 valence electrons. The van der Waals surface area contributed by atoms with E-state index in [1.165, 1.54) is 27.8 Å². The molecule has 0 aliphatic rings. The Bertz CT molecular complexity index is 855. The van der Waals surface area contributed by atoms with E-state index in [2.05, 4.69) is 111 Å². The Labute approximate surface area is 173 Å².